The summed E-state index contributed by atoms with van der Waals surface area (Å²) < 4.78 is 4.72. The minimum atomic E-state index is -1.13. The highest BCUT2D eigenvalue weighted by molar-refractivity contribution is 6.30. The molecule has 1 heterocycles. The summed E-state index contributed by atoms with van der Waals surface area (Å²) in [5, 5.41) is 15.0. The van der Waals surface area contributed by atoms with Crippen molar-refractivity contribution in [3.05, 3.63) is 70.2 Å². The molecule has 188 valence electrons. The molecule has 3 rings (SSSR count). The fourth-order valence-electron chi connectivity index (χ4n) is 4.61. The van der Waals surface area contributed by atoms with Gasteiger partial charge in [-0.3, -0.25) is 9.59 Å². The maximum atomic E-state index is 13.5. The van der Waals surface area contributed by atoms with Gasteiger partial charge in [-0.25, -0.2) is 4.79 Å². The number of methoxy groups -OCH3 is 1. The van der Waals surface area contributed by atoms with Crippen molar-refractivity contribution in [3.63, 3.8) is 0 Å². The Hall–Kier alpha value is -2.90. The van der Waals surface area contributed by atoms with Crippen LogP contribution in [-0.4, -0.2) is 54.0 Å². The SMILES string of the molecule is COC(=O)c1cccc(C(=O)N[C@@H](C(=O)N2CCC(O)(c3ccc(Cl)cc3)C(C)(C)C2)C(C)C)c1. The van der Waals surface area contributed by atoms with Crippen LogP contribution in [0.25, 0.3) is 0 Å². The number of ether oxygens (including phenoxy) is 1. The summed E-state index contributed by atoms with van der Waals surface area (Å²) in [5.41, 5.74) is -0.485. The van der Waals surface area contributed by atoms with Crippen LogP contribution in [-0.2, 0) is 15.1 Å². The first kappa shape index (κ1) is 26.7. The Labute approximate surface area is 211 Å². The number of piperidine rings is 1. The third kappa shape index (κ3) is 5.52. The zero-order valence-corrected chi connectivity index (χ0v) is 21.6. The summed E-state index contributed by atoms with van der Waals surface area (Å²) in [4.78, 5) is 40.0. The number of carbonyl (C=O) groups excluding carboxylic acids is 3. The highest BCUT2D eigenvalue weighted by Gasteiger charge is 2.50. The molecule has 0 aromatic heterocycles. The number of nitrogens with zero attached hydrogens (tertiary/aromatic N) is 1. The predicted octanol–water partition coefficient (Wildman–Crippen LogP) is 4.03. The van der Waals surface area contributed by atoms with Crippen molar-refractivity contribution in [1.82, 2.24) is 10.2 Å². The Morgan fingerprint density at radius 2 is 1.71 bits per heavy atom. The van der Waals surface area contributed by atoms with Crippen molar-refractivity contribution in [3.8, 4) is 0 Å². The van der Waals surface area contributed by atoms with Gasteiger partial charge in [0.15, 0.2) is 0 Å². The smallest absolute Gasteiger partial charge is 0.337 e. The molecule has 35 heavy (non-hydrogen) atoms. The summed E-state index contributed by atoms with van der Waals surface area (Å²) in [6.07, 6.45) is 0.354. The second-order valence-electron chi connectivity index (χ2n) is 10.0. The maximum absolute atomic E-state index is 13.5. The summed E-state index contributed by atoms with van der Waals surface area (Å²) in [6, 6.07) is 12.6. The third-order valence-electron chi connectivity index (χ3n) is 6.85. The van der Waals surface area contributed by atoms with E-state index in [0.717, 1.165) is 5.56 Å². The number of amides is 2. The predicted molar refractivity (Wildman–Crippen MR) is 134 cm³/mol. The average Bonchev–Trinajstić information content (AvgIpc) is 2.83. The van der Waals surface area contributed by atoms with E-state index in [-0.39, 0.29) is 23.0 Å². The molecule has 1 saturated heterocycles. The average molecular weight is 501 g/mol. The molecule has 0 spiro atoms. The molecule has 2 atom stereocenters. The molecule has 0 aliphatic carbocycles. The van der Waals surface area contributed by atoms with Crippen LogP contribution in [0.5, 0.6) is 0 Å². The van der Waals surface area contributed by atoms with Gasteiger partial charge in [-0.15, -0.1) is 0 Å². The Balaban J connectivity index is 1.77. The van der Waals surface area contributed by atoms with E-state index in [1.807, 2.05) is 39.8 Å². The molecule has 1 aliphatic rings. The van der Waals surface area contributed by atoms with E-state index in [9.17, 15) is 19.5 Å². The maximum Gasteiger partial charge on any atom is 0.337 e. The summed E-state index contributed by atoms with van der Waals surface area (Å²) >= 11 is 6.02. The zero-order valence-electron chi connectivity index (χ0n) is 20.8. The number of aliphatic hydroxyl groups is 1. The van der Waals surface area contributed by atoms with Crippen molar-refractivity contribution in [2.75, 3.05) is 20.2 Å². The van der Waals surface area contributed by atoms with Gasteiger partial charge in [-0.2, -0.15) is 0 Å². The number of carbonyl (C=O) groups is 3. The molecule has 0 radical (unpaired) electrons. The Bertz CT molecular complexity index is 1100. The van der Waals surface area contributed by atoms with Gasteiger partial charge < -0.3 is 20.1 Å². The highest BCUT2D eigenvalue weighted by Crippen LogP contribution is 2.46. The molecule has 2 amide bonds. The van der Waals surface area contributed by atoms with E-state index < -0.39 is 28.9 Å². The van der Waals surface area contributed by atoms with Crippen LogP contribution in [0, 0.1) is 11.3 Å². The molecule has 0 saturated carbocycles. The normalized spacial score (nSPS) is 20.3. The van der Waals surface area contributed by atoms with Crippen molar-refractivity contribution < 1.29 is 24.2 Å². The molecule has 2 aromatic rings. The monoisotopic (exact) mass is 500 g/mol. The van der Waals surface area contributed by atoms with Gasteiger partial charge in [0, 0.05) is 29.1 Å². The molecule has 1 fully saturated rings. The first-order valence-electron chi connectivity index (χ1n) is 11.7. The number of halogens is 1. The van der Waals surface area contributed by atoms with Gasteiger partial charge in [0.1, 0.15) is 6.04 Å². The van der Waals surface area contributed by atoms with E-state index in [1.165, 1.54) is 13.2 Å². The molecule has 2 aromatic carbocycles. The number of hydrogen-bond donors (Lipinski definition) is 2. The number of nitrogens with one attached hydrogen (secondary N) is 1. The minimum absolute atomic E-state index is 0.171. The van der Waals surface area contributed by atoms with Gasteiger partial charge in [0.25, 0.3) is 5.91 Å². The molecule has 0 bridgehead atoms. The number of hydrogen-bond acceptors (Lipinski definition) is 5. The summed E-state index contributed by atoms with van der Waals surface area (Å²) in [5.74, 6) is -1.37. The first-order valence-corrected chi connectivity index (χ1v) is 12.0. The molecule has 1 aliphatic heterocycles. The Morgan fingerprint density at radius 3 is 2.29 bits per heavy atom. The minimum Gasteiger partial charge on any atom is -0.465 e. The van der Waals surface area contributed by atoms with E-state index in [0.29, 0.717) is 24.5 Å². The number of likely N-dealkylation sites (tertiary alicyclic amines) is 1. The lowest BCUT2D eigenvalue weighted by Gasteiger charge is -2.51. The van der Waals surface area contributed by atoms with Crippen molar-refractivity contribution in [2.45, 2.75) is 45.8 Å². The van der Waals surface area contributed by atoms with Crippen LogP contribution in [0.1, 0.15) is 60.4 Å². The van der Waals surface area contributed by atoms with Crippen molar-refractivity contribution in [1.29, 1.82) is 0 Å². The molecule has 1 unspecified atom stereocenters. The van der Waals surface area contributed by atoms with Crippen LogP contribution >= 0.6 is 11.6 Å². The number of esters is 1. The van der Waals surface area contributed by atoms with E-state index in [2.05, 4.69) is 5.32 Å². The lowest BCUT2D eigenvalue weighted by Crippen LogP contribution is -2.60. The number of benzene rings is 2. The lowest BCUT2D eigenvalue weighted by atomic mass is 9.66. The van der Waals surface area contributed by atoms with Gasteiger partial charge in [0.05, 0.1) is 18.3 Å². The van der Waals surface area contributed by atoms with Crippen LogP contribution in [0.15, 0.2) is 48.5 Å². The Morgan fingerprint density at radius 1 is 1.09 bits per heavy atom. The van der Waals surface area contributed by atoms with Gasteiger partial charge >= 0.3 is 5.97 Å². The largest absolute Gasteiger partial charge is 0.465 e. The van der Waals surface area contributed by atoms with Crippen LogP contribution in [0.3, 0.4) is 0 Å². The zero-order chi connectivity index (χ0) is 26.0. The lowest BCUT2D eigenvalue weighted by molar-refractivity contribution is -0.155. The fourth-order valence-corrected chi connectivity index (χ4v) is 4.74. The van der Waals surface area contributed by atoms with Gasteiger partial charge in [0.2, 0.25) is 5.91 Å². The van der Waals surface area contributed by atoms with Crippen molar-refractivity contribution >= 4 is 29.4 Å². The molecule has 8 heteroatoms. The van der Waals surface area contributed by atoms with Crippen molar-refractivity contribution in [2.24, 2.45) is 11.3 Å². The molecule has 7 nitrogen and oxygen atoms in total. The van der Waals surface area contributed by atoms with E-state index >= 15 is 0 Å². The molecule has 2 N–H and O–H groups in total. The van der Waals surface area contributed by atoms with E-state index in [1.54, 1.807) is 35.2 Å². The fraction of sp³-hybridized carbons (Fsp3) is 0.444. The summed E-state index contributed by atoms with van der Waals surface area (Å²) in [7, 11) is 1.27. The van der Waals surface area contributed by atoms with E-state index in [4.69, 9.17) is 16.3 Å². The third-order valence-corrected chi connectivity index (χ3v) is 7.10. The summed E-state index contributed by atoms with van der Waals surface area (Å²) in [6.45, 7) is 8.27. The first-order chi connectivity index (χ1) is 16.4. The number of rotatable bonds is 6. The second-order valence-corrected chi connectivity index (χ2v) is 10.5. The Kier molecular flexibility index (Phi) is 7.92. The van der Waals surface area contributed by atoms with Gasteiger partial charge in [-0.05, 0) is 48.2 Å². The standard InChI is InChI=1S/C27H33ClN2O5/c1-17(2)22(29-23(31)18-7-6-8-19(15-18)25(33)35-5)24(32)30-14-13-27(34,26(3,4)16-30)20-9-11-21(28)12-10-20/h6-12,15,17,22,34H,13-14,16H2,1-5H3,(H,29,31)/t22-,27?/m1/s1. The topological polar surface area (TPSA) is 95.9 Å². The molecular formula is C27H33ClN2O5. The van der Waals surface area contributed by atoms with Crippen LogP contribution in [0.4, 0.5) is 0 Å². The van der Waals surface area contributed by atoms with Crippen LogP contribution < -0.4 is 5.32 Å². The van der Waals surface area contributed by atoms with Crippen LogP contribution in [0.2, 0.25) is 5.02 Å². The molecular weight excluding hydrogens is 468 g/mol. The quantitative estimate of drug-likeness (QED) is 0.584. The van der Waals surface area contributed by atoms with Gasteiger partial charge in [-0.1, -0.05) is 57.5 Å². The second kappa shape index (κ2) is 10.4. The highest BCUT2D eigenvalue weighted by atomic mass is 35.5.